The normalized spacial score (nSPS) is 17.9. The van der Waals surface area contributed by atoms with Gasteiger partial charge >= 0.3 is 11.9 Å². The van der Waals surface area contributed by atoms with Crippen molar-refractivity contribution in [3.63, 3.8) is 0 Å². The number of amides is 2. The summed E-state index contributed by atoms with van der Waals surface area (Å²) in [5.41, 5.74) is 1.60. The monoisotopic (exact) mass is 546 g/mol. The second-order valence-corrected chi connectivity index (χ2v) is 9.00. The molecule has 2 amide bonds. The van der Waals surface area contributed by atoms with E-state index in [2.05, 4.69) is 5.32 Å². The Balaban J connectivity index is 1.55. The van der Waals surface area contributed by atoms with Gasteiger partial charge in [-0.1, -0.05) is 78.9 Å². The summed E-state index contributed by atoms with van der Waals surface area (Å²) >= 11 is 0. The Bertz CT molecular complexity index is 1280. The fourth-order valence-electron chi connectivity index (χ4n) is 4.24. The lowest BCUT2D eigenvalue weighted by molar-refractivity contribution is -0.229. The SMILES string of the molecule is CCOC(=O)[C@H](C)O[C@@H]1[C@@H](NC(=O)c2ccccc2)C(=O)N1C(O)C(=O)OC(c1ccccc1)c1ccccc1. The third kappa shape index (κ3) is 6.36. The predicted octanol–water partition coefficient (Wildman–Crippen LogP) is 2.57. The largest absolute Gasteiger partial charge is 0.464 e. The summed E-state index contributed by atoms with van der Waals surface area (Å²) in [6.07, 6.45) is -5.46. The molecule has 208 valence electrons. The first-order valence-electron chi connectivity index (χ1n) is 12.8. The van der Waals surface area contributed by atoms with E-state index >= 15 is 0 Å². The Labute approximate surface area is 231 Å². The average Bonchev–Trinajstić information content (AvgIpc) is 2.99. The molecule has 2 N–H and O–H groups in total. The fourth-order valence-corrected chi connectivity index (χ4v) is 4.24. The number of benzene rings is 3. The highest BCUT2D eigenvalue weighted by atomic mass is 16.6. The number of aliphatic hydroxyl groups excluding tert-OH is 1. The van der Waals surface area contributed by atoms with E-state index in [0.29, 0.717) is 16.7 Å². The van der Waals surface area contributed by atoms with Crippen LogP contribution in [0.25, 0.3) is 0 Å². The molecule has 10 heteroatoms. The van der Waals surface area contributed by atoms with Gasteiger partial charge in [-0.15, -0.1) is 0 Å². The summed E-state index contributed by atoms with van der Waals surface area (Å²) in [5.74, 6) is -3.18. The molecule has 3 aromatic carbocycles. The topological polar surface area (TPSA) is 131 Å². The van der Waals surface area contributed by atoms with Gasteiger partial charge in [-0.2, -0.15) is 0 Å². The minimum absolute atomic E-state index is 0.101. The molecule has 1 unspecified atom stereocenters. The van der Waals surface area contributed by atoms with E-state index in [1.54, 1.807) is 85.8 Å². The molecule has 0 aromatic heterocycles. The molecule has 3 aromatic rings. The molecule has 1 aliphatic heterocycles. The Morgan fingerprint density at radius 1 is 0.875 bits per heavy atom. The number of aliphatic hydroxyl groups is 1. The number of hydrogen-bond donors (Lipinski definition) is 2. The van der Waals surface area contributed by atoms with Gasteiger partial charge in [-0.3, -0.25) is 14.5 Å². The molecule has 0 spiro atoms. The zero-order valence-corrected chi connectivity index (χ0v) is 22.0. The summed E-state index contributed by atoms with van der Waals surface area (Å²) in [4.78, 5) is 52.0. The number of rotatable bonds is 11. The minimum Gasteiger partial charge on any atom is -0.464 e. The van der Waals surface area contributed by atoms with Crippen LogP contribution in [0.4, 0.5) is 0 Å². The van der Waals surface area contributed by atoms with Crippen molar-refractivity contribution in [1.82, 2.24) is 10.2 Å². The van der Waals surface area contributed by atoms with Crippen LogP contribution in [0.15, 0.2) is 91.0 Å². The van der Waals surface area contributed by atoms with Crippen LogP contribution in [-0.2, 0) is 28.6 Å². The smallest absolute Gasteiger partial charge is 0.357 e. The molecule has 10 nitrogen and oxygen atoms in total. The average molecular weight is 547 g/mol. The maximum Gasteiger partial charge on any atom is 0.357 e. The van der Waals surface area contributed by atoms with Crippen LogP contribution in [0, 0.1) is 0 Å². The highest BCUT2D eigenvalue weighted by molar-refractivity contribution is 6.00. The zero-order chi connectivity index (χ0) is 28.6. The van der Waals surface area contributed by atoms with E-state index < -0.39 is 54.5 Å². The standard InChI is InChI=1S/C30H30N2O8/c1-3-38-29(36)19(2)39-28-23(31-25(33)22-17-11-6-12-18-22)26(34)32(28)27(35)30(37)40-24(20-13-7-4-8-14-20)21-15-9-5-10-16-21/h4-19,23-24,27-28,35H,3H2,1-2H3,(H,31,33)/t19-,23-,27?,28+/m0/s1. The van der Waals surface area contributed by atoms with Crippen LogP contribution in [0.3, 0.4) is 0 Å². The summed E-state index contributed by atoms with van der Waals surface area (Å²) in [5, 5.41) is 13.5. The Kier molecular flexibility index (Phi) is 9.26. The van der Waals surface area contributed by atoms with E-state index in [1.807, 2.05) is 12.1 Å². The lowest BCUT2D eigenvalue weighted by atomic mass is 10.0. The first kappa shape index (κ1) is 28.5. The molecular weight excluding hydrogens is 516 g/mol. The van der Waals surface area contributed by atoms with Crippen molar-refractivity contribution in [1.29, 1.82) is 0 Å². The van der Waals surface area contributed by atoms with Crippen molar-refractivity contribution in [2.75, 3.05) is 6.61 Å². The molecular formula is C30H30N2O8. The maximum absolute atomic E-state index is 13.2. The number of hydrogen-bond acceptors (Lipinski definition) is 8. The van der Waals surface area contributed by atoms with Crippen molar-refractivity contribution in [2.45, 2.75) is 44.6 Å². The molecule has 4 rings (SSSR count). The van der Waals surface area contributed by atoms with Crippen LogP contribution in [0.1, 0.15) is 41.4 Å². The number of esters is 2. The minimum atomic E-state index is -2.08. The van der Waals surface area contributed by atoms with Gasteiger partial charge in [0.15, 0.2) is 24.5 Å². The van der Waals surface area contributed by atoms with Gasteiger partial charge in [0, 0.05) is 5.56 Å². The molecule has 1 fully saturated rings. The molecule has 1 aliphatic rings. The number of likely N-dealkylation sites (tertiary alicyclic amines) is 1. The van der Waals surface area contributed by atoms with E-state index in [-0.39, 0.29) is 6.61 Å². The number of nitrogens with one attached hydrogen (secondary N) is 1. The van der Waals surface area contributed by atoms with Crippen molar-refractivity contribution in [3.05, 3.63) is 108 Å². The van der Waals surface area contributed by atoms with Gasteiger partial charge in [0.2, 0.25) is 6.23 Å². The molecule has 0 bridgehead atoms. The Morgan fingerprint density at radius 2 is 1.40 bits per heavy atom. The van der Waals surface area contributed by atoms with Crippen LogP contribution < -0.4 is 5.32 Å². The third-order valence-corrected chi connectivity index (χ3v) is 6.28. The van der Waals surface area contributed by atoms with Crippen molar-refractivity contribution < 1.29 is 38.5 Å². The summed E-state index contributed by atoms with van der Waals surface area (Å²) < 4.78 is 16.4. The van der Waals surface area contributed by atoms with Gasteiger partial charge in [0.05, 0.1) is 6.61 Å². The summed E-state index contributed by atoms with van der Waals surface area (Å²) in [7, 11) is 0. The van der Waals surface area contributed by atoms with Gasteiger partial charge in [-0.25, -0.2) is 9.59 Å². The second-order valence-electron chi connectivity index (χ2n) is 9.00. The zero-order valence-electron chi connectivity index (χ0n) is 22.0. The van der Waals surface area contributed by atoms with Crippen LogP contribution in [0.5, 0.6) is 0 Å². The van der Waals surface area contributed by atoms with Gasteiger partial charge in [-0.05, 0) is 37.1 Å². The molecule has 0 saturated carbocycles. The second kappa shape index (κ2) is 13.0. The van der Waals surface area contributed by atoms with Crippen LogP contribution in [-0.4, -0.2) is 65.0 Å². The van der Waals surface area contributed by atoms with E-state index in [1.165, 1.54) is 6.92 Å². The quantitative estimate of drug-likeness (QED) is 0.277. The van der Waals surface area contributed by atoms with Crippen LogP contribution in [0.2, 0.25) is 0 Å². The lowest BCUT2D eigenvalue weighted by Crippen LogP contribution is -2.75. The molecule has 40 heavy (non-hydrogen) atoms. The number of nitrogens with zero attached hydrogens (tertiary/aromatic N) is 1. The predicted molar refractivity (Wildman–Crippen MR) is 142 cm³/mol. The number of β-lactam (4-membered cyclic amide) rings is 1. The van der Waals surface area contributed by atoms with E-state index in [9.17, 15) is 24.3 Å². The highest BCUT2D eigenvalue weighted by Gasteiger charge is 2.55. The highest BCUT2D eigenvalue weighted by Crippen LogP contribution is 2.30. The maximum atomic E-state index is 13.2. The fraction of sp³-hybridized carbons (Fsp3) is 0.267. The molecule has 1 heterocycles. The first-order valence-corrected chi connectivity index (χ1v) is 12.8. The summed E-state index contributed by atoms with van der Waals surface area (Å²) in [6, 6.07) is 24.8. The molecule has 0 aliphatic carbocycles. The Morgan fingerprint density at radius 3 is 1.93 bits per heavy atom. The van der Waals surface area contributed by atoms with Crippen molar-refractivity contribution >= 4 is 23.8 Å². The molecule has 4 atom stereocenters. The number of carbonyl (C=O) groups is 4. The number of carbonyl (C=O) groups excluding carboxylic acids is 4. The third-order valence-electron chi connectivity index (χ3n) is 6.28. The van der Waals surface area contributed by atoms with Crippen molar-refractivity contribution in [2.24, 2.45) is 0 Å². The van der Waals surface area contributed by atoms with E-state index in [0.717, 1.165) is 4.90 Å². The van der Waals surface area contributed by atoms with Gasteiger partial charge < -0.3 is 24.6 Å². The molecule has 1 saturated heterocycles. The summed E-state index contributed by atoms with van der Waals surface area (Å²) in [6.45, 7) is 3.13. The lowest BCUT2D eigenvalue weighted by Gasteiger charge is -2.48. The van der Waals surface area contributed by atoms with E-state index in [4.69, 9.17) is 14.2 Å². The van der Waals surface area contributed by atoms with Crippen molar-refractivity contribution in [3.8, 4) is 0 Å². The number of ether oxygens (including phenoxy) is 3. The Hall–Kier alpha value is -4.54. The first-order chi connectivity index (χ1) is 19.3. The van der Waals surface area contributed by atoms with Gasteiger partial charge in [0.25, 0.3) is 11.8 Å². The van der Waals surface area contributed by atoms with Gasteiger partial charge in [0.1, 0.15) is 0 Å². The van der Waals surface area contributed by atoms with Crippen LogP contribution >= 0.6 is 0 Å². The molecule has 0 radical (unpaired) electrons.